The number of nitrogens with one attached hydrogen (secondary N) is 1. The van der Waals surface area contributed by atoms with Gasteiger partial charge < -0.3 is 5.32 Å². The summed E-state index contributed by atoms with van der Waals surface area (Å²) in [5, 5.41) is 4.33. The van der Waals surface area contributed by atoms with Gasteiger partial charge in [-0.05, 0) is 43.2 Å². The van der Waals surface area contributed by atoms with Gasteiger partial charge in [-0.2, -0.15) is 4.31 Å². The molecule has 1 aromatic heterocycles. The van der Waals surface area contributed by atoms with E-state index < -0.39 is 10.0 Å². The molecule has 1 amide bonds. The number of amides is 1. The molecule has 1 aromatic carbocycles. The third kappa shape index (κ3) is 3.85. The van der Waals surface area contributed by atoms with Crippen LogP contribution in [0.3, 0.4) is 0 Å². The van der Waals surface area contributed by atoms with Crippen molar-refractivity contribution in [1.29, 1.82) is 0 Å². The van der Waals surface area contributed by atoms with Gasteiger partial charge >= 0.3 is 0 Å². The fourth-order valence-electron chi connectivity index (χ4n) is 2.30. The minimum Gasteiger partial charge on any atom is -0.321 e. The average Bonchev–Trinajstić information content (AvgIpc) is 3.03. The number of sulfonamides is 1. The third-order valence-corrected chi connectivity index (χ3v) is 7.01. The molecule has 2 rings (SSSR count). The van der Waals surface area contributed by atoms with Crippen molar-refractivity contribution in [3.8, 4) is 0 Å². The van der Waals surface area contributed by atoms with Crippen LogP contribution in [0.15, 0.2) is 34.5 Å². The molecule has 0 saturated carbocycles. The molecule has 0 spiro atoms. The standard InChI is InChI=1S/C17H22N2O3S2/c1-5-19(6-2)24(21,22)15-10-16(23-11-15)17(20)18-14-8-7-12(3)13(4)9-14/h7-11H,5-6H2,1-4H3,(H,18,20). The number of aryl methyl sites for hydroxylation is 2. The molecule has 0 bridgehead atoms. The second-order valence-electron chi connectivity index (χ2n) is 5.49. The van der Waals surface area contributed by atoms with Gasteiger partial charge in [0.1, 0.15) is 0 Å². The lowest BCUT2D eigenvalue weighted by Gasteiger charge is -2.17. The van der Waals surface area contributed by atoms with E-state index in [4.69, 9.17) is 0 Å². The Kier molecular flexibility index (Phi) is 5.79. The maximum Gasteiger partial charge on any atom is 0.265 e. The predicted octanol–water partition coefficient (Wildman–Crippen LogP) is 3.65. The molecule has 1 N–H and O–H groups in total. The summed E-state index contributed by atoms with van der Waals surface area (Å²) in [4.78, 5) is 12.9. The second kappa shape index (κ2) is 7.46. The molecule has 0 atom stereocenters. The lowest BCUT2D eigenvalue weighted by atomic mass is 10.1. The minimum atomic E-state index is -3.54. The second-order valence-corrected chi connectivity index (χ2v) is 8.34. The average molecular weight is 367 g/mol. The summed E-state index contributed by atoms with van der Waals surface area (Å²) in [6.45, 7) is 8.37. The number of carbonyl (C=O) groups is 1. The Hall–Kier alpha value is -1.70. The van der Waals surface area contributed by atoms with Gasteiger partial charge in [-0.15, -0.1) is 11.3 Å². The van der Waals surface area contributed by atoms with Crippen LogP contribution in [0.25, 0.3) is 0 Å². The number of benzene rings is 1. The van der Waals surface area contributed by atoms with Gasteiger partial charge in [-0.25, -0.2) is 8.42 Å². The Morgan fingerprint density at radius 2 is 1.79 bits per heavy atom. The van der Waals surface area contributed by atoms with Gasteiger partial charge in [0.05, 0.1) is 9.77 Å². The zero-order chi connectivity index (χ0) is 17.9. The van der Waals surface area contributed by atoms with Gasteiger partial charge in [-0.1, -0.05) is 19.9 Å². The van der Waals surface area contributed by atoms with Gasteiger partial charge in [0.15, 0.2) is 0 Å². The lowest BCUT2D eigenvalue weighted by Crippen LogP contribution is -2.30. The summed E-state index contributed by atoms with van der Waals surface area (Å²) < 4.78 is 26.3. The minimum absolute atomic E-state index is 0.168. The smallest absolute Gasteiger partial charge is 0.265 e. The first-order valence-corrected chi connectivity index (χ1v) is 10.1. The summed E-state index contributed by atoms with van der Waals surface area (Å²) in [7, 11) is -3.54. The van der Waals surface area contributed by atoms with Crippen molar-refractivity contribution >= 4 is 33.0 Å². The summed E-state index contributed by atoms with van der Waals surface area (Å²) in [6.07, 6.45) is 0. The number of hydrogen-bond donors (Lipinski definition) is 1. The molecular formula is C17H22N2O3S2. The highest BCUT2D eigenvalue weighted by Crippen LogP contribution is 2.24. The number of anilines is 1. The molecule has 0 aliphatic carbocycles. The quantitative estimate of drug-likeness (QED) is 0.849. The van der Waals surface area contributed by atoms with Crippen molar-refractivity contribution in [2.45, 2.75) is 32.6 Å². The molecule has 24 heavy (non-hydrogen) atoms. The van der Waals surface area contributed by atoms with Gasteiger partial charge in [0.2, 0.25) is 10.0 Å². The highest BCUT2D eigenvalue weighted by Gasteiger charge is 2.24. The highest BCUT2D eigenvalue weighted by molar-refractivity contribution is 7.89. The van der Waals surface area contributed by atoms with E-state index >= 15 is 0 Å². The fraction of sp³-hybridized carbons (Fsp3) is 0.353. The maximum atomic E-state index is 12.5. The van der Waals surface area contributed by atoms with Gasteiger partial charge in [0, 0.05) is 24.2 Å². The molecule has 0 aliphatic rings. The van der Waals surface area contributed by atoms with E-state index in [0.717, 1.165) is 22.5 Å². The first-order chi connectivity index (χ1) is 11.3. The monoisotopic (exact) mass is 366 g/mol. The summed E-state index contributed by atoms with van der Waals surface area (Å²) in [5.41, 5.74) is 2.94. The van der Waals surface area contributed by atoms with Gasteiger partial charge in [-0.3, -0.25) is 4.79 Å². The normalized spacial score (nSPS) is 11.7. The molecule has 2 aromatic rings. The molecule has 7 heteroatoms. The molecule has 0 aliphatic heterocycles. The Morgan fingerprint density at radius 1 is 1.12 bits per heavy atom. The van der Waals surface area contributed by atoms with Crippen LogP contribution in [0.4, 0.5) is 5.69 Å². The number of carbonyl (C=O) groups excluding carboxylic acids is 1. The van der Waals surface area contributed by atoms with Crippen LogP contribution in [0.1, 0.15) is 34.6 Å². The highest BCUT2D eigenvalue weighted by atomic mass is 32.2. The first-order valence-electron chi connectivity index (χ1n) is 7.76. The molecular weight excluding hydrogens is 344 g/mol. The van der Waals surface area contributed by atoms with E-state index in [0.29, 0.717) is 23.7 Å². The Labute approximate surface area is 147 Å². The van der Waals surface area contributed by atoms with E-state index in [9.17, 15) is 13.2 Å². The van der Waals surface area contributed by atoms with Crippen molar-refractivity contribution in [1.82, 2.24) is 4.31 Å². The van der Waals surface area contributed by atoms with Crippen LogP contribution in [0, 0.1) is 13.8 Å². The molecule has 0 radical (unpaired) electrons. The maximum absolute atomic E-state index is 12.5. The van der Waals surface area contributed by atoms with Crippen molar-refractivity contribution in [3.63, 3.8) is 0 Å². The summed E-state index contributed by atoms with van der Waals surface area (Å²) in [6, 6.07) is 7.11. The van der Waals surface area contributed by atoms with E-state index in [1.54, 1.807) is 13.8 Å². The number of rotatable bonds is 6. The van der Waals surface area contributed by atoms with Crippen LogP contribution < -0.4 is 5.32 Å². The first kappa shape index (κ1) is 18.6. The molecule has 0 fully saturated rings. The third-order valence-electron chi connectivity index (χ3n) is 3.91. The van der Waals surface area contributed by atoms with Crippen LogP contribution in [-0.2, 0) is 10.0 Å². The Morgan fingerprint density at radius 3 is 2.38 bits per heavy atom. The van der Waals surface area contributed by atoms with E-state index in [1.807, 2.05) is 32.0 Å². The molecule has 1 heterocycles. The van der Waals surface area contributed by atoms with Crippen molar-refractivity contribution < 1.29 is 13.2 Å². The predicted molar refractivity (Wildman–Crippen MR) is 98.3 cm³/mol. The largest absolute Gasteiger partial charge is 0.321 e. The fourth-order valence-corrected chi connectivity index (χ4v) is 4.91. The zero-order valence-corrected chi connectivity index (χ0v) is 15.9. The van der Waals surface area contributed by atoms with Crippen molar-refractivity contribution in [2.24, 2.45) is 0 Å². The SMILES string of the molecule is CCN(CC)S(=O)(=O)c1csc(C(=O)Nc2ccc(C)c(C)c2)c1. The van der Waals surface area contributed by atoms with Crippen LogP contribution >= 0.6 is 11.3 Å². The van der Waals surface area contributed by atoms with Crippen LogP contribution in [0.2, 0.25) is 0 Å². The molecule has 130 valence electrons. The van der Waals surface area contributed by atoms with Gasteiger partial charge in [0.25, 0.3) is 5.91 Å². The molecule has 5 nitrogen and oxygen atoms in total. The summed E-state index contributed by atoms with van der Waals surface area (Å²) >= 11 is 1.13. The molecule has 0 unspecified atom stereocenters. The van der Waals surface area contributed by atoms with E-state index in [2.05, 4.69) is 5.32 Å². The zero-order valence-electron chi connectivity index (χ0n) is 14.3. The van der Waals surface area contributed by atoms with Crippen LogP contribution in [0.5, 0.6) is 0 Å². The van der Waals surface area contributed by atoms with E-state index in [-0.39, 0.29) is 10.8 Å². The number of hydrogen-bond acceptors (Lipinski definition) is 4. The number of thiophene rings is 1. The lowest BCUT2D eigenvalue weighted by molar-refractivity contribution is 0.103. The van der Waals surface area contributed by atoms with Crippen molar-refractivity contribution in [2.75, 3.05) is 18.4 Å². The Balaban J connectivity index is 2.20. The van der Waals surface area contributed by atoms with E-state index in [1.165, 1.54) is 15.8 Å². The van der Waals surface area contributed by atoms with Crippen LogP contribution in [-0.4, -0.2) is 31.7 Å². The molecule has 0 saturated heterocycles. The Bertz CT molecular complexity index is 837. The topological polar surface area (TPSA) is 66.5 Å². The summed E-state index contributed by atoms with van der Waals surface area (Å²) in [5.74, 6) is -0.302. The number of nitrogens with zero attached hydrogens (tertiary/aromatic N) is 1. The van der Waals surface area contributed by atoms with Crippen molar-refractivity contribution in [3.05, 3.63) is 45.6 Å².